The molecule has 7 rings (SSSR count). The molecule has 21 nitrogen and oxygen atoms in total. The molecule has 2 saturated heterocycles. The summed E-state index contributed by atoms with van der Waals surface area (Å²) < 4.78 is 7.94. The summed E-state index contributed by atoms with van der Waals surface area (Å²) in [4.78, 5) is 92.1. The number of carbonyl (C=O) groups excluding carboxylic acids is 6. The summed E-state index contributed by atoms with van der Waals surface area (Å²) in [7, 11) is 0. The summed E-state index contributed by atoms with van der Waals surface area (Å²) in [6.07, 6.45) is 11.3. The zero-order chi connectivity index (χ0) is 55.1. The Hall–Kier alpha value is -6.55. The minimum absolute atomic E-state index is 0.0275. The van der Waals surface area contributed by atoms with Gasteiger partial charge >= 0.3 is 6.03 Å². The van der Waals surface area contributed by atoms with Crippen LogP contribution in [0, 0.1) is 0 Å². The molecule has 4 aromatic rings. The Labute approximate surface area is 451 Å². The number of aliphatic hydroxyl groups excluding tert-OH is 2. The summed E-state index contributed by atoms with van der Waals surface area (Å²) in [6, 6.07) is 11.8. The zero-order valence-corrected chi connectivity index (χ0v) is 45.4. The van der Waals surface area contributed by atoms with E-state index in [0.29, 0.717) is 74.8 Å². The molecule has 0 saturated carbocycles. The lowest BCUT2D eigenvalue weighted by molar-refractivity contribution is -0.136. The summed E-state index contributed by atoms with van der Waals surface area (Å²) in [5.74, 6) is -1.45. The van der Waals surface area contributed by atoms with Crippen LogP contribution in [0.2, 0.25) is 0 Å². The first-order valence-corrected chi connectivity index (χ1v) is 27.7. The molecule has 3 aliphatic rings. The SMILES string of the molecule is CC(C)N(CCCNC(=O)Nc1ccc(C(C)(C)C)cc1)CC1OC(n2cnc3c(NCCCCNC(=O)CCCCCCCCCCCNc4cccc5c4C(=O)N(C4CCC(=O)NC4=O)C5=O)ncnc32)C(O)C1O. The minimum Gasteiger partial charge on any atom is -0.387 e. The van der Waals surface area contributed by atoms with Gasteiger partial charge in [0.05, 0.1) is 17.5 Å². The van der Waals surface area contributed by atoms with Gasteiger partial charge in [-0.3, -0.25) is 43.7 Å². The van der Waals surface area contributed by atoms with Gasteiger partial charge in [0.1, 0.15) is 30.7 Å². The number of benzene rings is 2. The van der Waals surface area contributed by atoms with Crippen LogP contribution in [0.25, 0.3) is 11.2 Å². The van der Waals surface area contributed by atoms with Crippen molar-refractivity contribution in [2.75, 3.05) is 55.2 Å². The van der Waals surface area contributed by atoms with E-state index in [4.69, 9.17) is 4.74 Å². The van der Waals surface area contributed by atoms with Gasteiger partial charge in [-0.2, -0.15) is 0 Å². The number of aliphatic hydroxyl groups is 2. The number of unbranched alkanes of at least 4 members (excludes halogenated alkanes) is 9. The number of imidazole rings is 1. The van der Waals surface area contributed by atoms with Gasteiger partial charge < -0.3 is 41.5 Å². The Morgan fingerprint density at radius 2 is 1.47 bits per heavy atom. The van der Waals surface area contributed by atoms with E-state index in [0.717, 1.165) is 81.2 Å². The van der Waals surface area contributed by atoms with Gasteiger partial charge in [0.25, 0.3) is 11.8 Å². The Kier molecular flexibility index (Phi) is 20.9. The molecule has 3 aliphatic heterocycles. The maximum absolute atomic E-state index is 13.3. The number of urea groups is 1. The molecular formula is C56H80N12O9. The van der Waals surface area contributed by atoms with Crippen molar-refractivity contribution in [3.05, 3.63) is 71.8 Å². The van der Waals surface area contributed by atoms with Gasteiger partial charge in [-0.25, -0.2) is 19.7 Å². The van der Waals surface area contributed by atoms with Crippen LogP contribution in [0.15, 0.2) is 55.1 Å². The predicted octanol–water partition coefficient (Wildman–Crippen LogP) is 6.39. The fourth-order valence-corrected chi connectivity index (χ4v) is 10.1. The first kappa shape index (κ1) is 58.1. The van der Waals surface area contributed by atoms with Gasteiger partial charge in [-0.15, -0.1) is 0 Å². The topological polar surface area (TPSA) is 274 Å². The zero-order valence-electron chi connectivity index (χ0n) is 45.4. The van der Waals surface area contributed by atoms with Crippen LogP contribution in [0.1, 0.15) is 163 Å². The number of piperidine rings is 1. The van der Waals surface area contributed by atoms with E-state index in [-0.39, 0.29) is 47.4 Å². The van der Waals surface area contributed by atoms with E-state index in [1.165, 1.54) is 11.9 Å². The van der Waals surface area contributed by atoms with Crippen LogP contribution in [-0.2, 0) is 24.5 Å². The number of ether oxygens (including phenoxy) is 1. The number of anilines is 3. The molecule has 2 fully saturated rings. The smallest absolute Gasteiger partial charge is 0.319 e. The van der Waals surface area contributed by atoms with Crippen molar-refractivity contribution in [2.45, 2.75) is 173 Å². The second kappa shape index (κ2) is 27.7. The van der Waals surface area contributed by atoms with Gasteiger partial charge in [0.15, 0.2) is 23.2 Å². The number of fused-ring (bicyclic) bond motifs is 2. The largest absolute Gasteiger partial charge is 0.387 e. The first-order chi connectivity index (χ1) is 37.0. The second-order valence-corrected chi connectivity index (χ2v) is 21.8. The highest BCUT2D eigenvalue weighted by atomic mass is 16.6. The van der Waals surface area contributed by atoms with Gasteiger partial charge in [-0.05, 0) is 87.6 Å². The lowest BCUT2D eigenvalue weighted by atomic mass is 9.87. The molecule has 7 amide bonds. The van der Waals surface area contributed by atoms with Crippen molar-refractivity contribution >= 4 is 63.9 Å². The van der Waals surface area contributed by atoms with Crippen LogP contribution in [-0.4, -0.2) is 145 Å². The maximum atomic E-state index is 13.3. The van der Waals surface area contributed by atoms with Crippen molar-refractivity contribution in [2.24, 2.45) is 0 Å². The standard InChI is InChI=1S/C56H80N12O9/c1-36(2)66(32-18-31-60-55(76)64-38-24-22-37(23-25-38)56(3,4)5)33-42-47(71)48(72)54(77-42)67-35-63-46-49(61-34-62-50(46)67)59-30-16-15-29-58-43(69)21-13-11-9-7-6-8-10-12-14-28-57-40-20-17-19-39-45(40)53(75)68(52(39)74)41-26-27-44(70)65-51(41)73/h17,19-20,22-25,34-36,41-42,47-48,54,57,71-72H,6-16,18,21,26-33H2,1-5H3,(H,58,69)(H,59,61,62)(H2,60,64,76)(H,65,70,73). The molecule has 77 heavy (non-hydrogen) atoms. The molecular weight excluding hydrogens is 985 g/mol. The average Bonchev–Trinajstić information content (AvgIpc) is 4.08. The van der Waals surface area contributed by atoms with Crippen molar-refractivity contribution in [1.82, 2.24) is 45.3 Å². The lowest BCUT2D eigenvalue weighted by Crippen LogP contribution is -2.54. The number of nitrogens with one attached hydrogen (secondary N) is 6. The van der Waals surface area contributed by atoms with E-state index in [1.807, 2.05) is 24.3 Å². The highest BCUT2D eigenvalue weighted by molar-refractivity contribution is 6.25. The third-order valence-corrected chi connectivity index (χ3v) is 14.6. The summed E-state index contributed by atoms with van der Waals surface area (Å²) in [5, 5.41) is 40.1. The third-order valence-electron chi connectivity index (χ3n) is 14.6. The second-order valence-electron chi connectivity index (χ2n) is 21.8. The van der Waals surface area contributed by atoms with Gasteiger partial charge in [0.2, 0.25) is 17.7 Å². The minimum atomic E-state index is -1.22. The molecule has 0 aliphatic carbocycles. The summed E-state index contributed by atoms with van der Waals surface area (Å²) >= 11 is 0. The van der Waals surface area contributed by atoms with Crippen LogP contribution < -0.4 is 31.9 Å². The van der Waals surface area contributed by atoms with Crippen molar-refractivity contribution < 1.29 is 43.7 Å². The van der Waals surface area contributed by atoms with Crippen LogP contribution >= 0.6 is 0 Å². The van der Waals surface area contributed by atoms with Crippen molar-refractivity contribution in [3.8, 4) is 0 Å². The molecule has 5 heterocycles. The Morgan fingerprint density at radius 1 is 0.792 bits per heavy atom. The third kappa shape index (κ3) is 15.6. The Balaban J connectivity index is 0.709. The normalized spacial score (nSPS) is 19.5. The van der Waals surface area contributed by atoms with E-state index in [1.54, 1.807) is 29.1 Å². The number of imide groups is 2. The number of rotatable bonds is 29. The maximum Gasteiger partial charge on any atom is 0.319 e. The number of hydrogen-bond acceptors (Lipinski definition) is 15. The number of amides is 7. The van der Waals surface area contributed by atoms with E-state index in [2.05, 4.69) is 86.4 Å². The molecule has 2 aromatic heterocycles. The quantitative estimate of drug-likeness (QED) is 0.0216. The molecule has 8 N–H and O–H groups in total. The van der Waals surface area contributed by atoms with E-state index in [9.17, 15) is 39.0 Å². The number of aromatic nitrogens is 4. The Morgan fingerprint density at radius 3 is 2.18 bits per heavy atom. The molecule has 418 valence electrons. The monoisotopic (exact) mass is 1060 g/mol. The van der Waals surface area contributed by atoms with Crippen molar-refractivity contribution in [3.63, 3.8) is 0 Å². The summed E-state index contributed by atoms with van der Waals surface area (Å²) in [5.41, 5.74) is 4.04. The summed E-state index contributed by atoms with van der Waals surface area (Å²) in [6.45, 7) is 13.8. The molecule has 0 spiro atoms. The first-order valence-electron chi connectivity index (χ1n) is 27.7. The number of nitrogens with zero attached hydrogens (tertiary/aromatic N) is 6. The van der Waals surface area contributed by atoms with Gasteiger partial charge in [-0.1, -0.05) is 83.9 Å². The fourth-order valence-electron chi connectivity index (χ4n) is 10.1. The lowest BCUT2D eigenvalue weighted by Gasteiger charge is -2.30. The van der Waals surface area contributed by atoms with Crippen LogP contribution in [0.5, 0.6) is 0 Å². The number of carbonyl (C=O) groups is 6. The van der Waals surface area contributed by atoms with Crippen molar-refractivity contribution in [1.29, 1.82) is 0 Å². The molecule has 5 atom stereocenters. The van der Waals surface area contributed by atoms with E-state index < -0.39 is 54.2 Å². The highest BCUT2D eigenvalue weighted by Crippen LogP contribution is 2.35. The highest BCUT2D eigenvalue weighted by Gasteiger charge is 2.47. The molecule has 21 heteroatoms. The van der Waals surface area contributed by atoms with Crippen LogP contribution in [0.4, 0.5) is 22.0 Å². The molecule has 5 unspecified atom stereocenters. The predicted molar refractivity (Wildman–Crippen MR) is 293 cm³/mol. The average molecular weight is 1070 g/mol. The molecule has 0 bridgehead atoms. The molecule has 2 aromatic carbocycles. The van der Waals surface area contributed by atoms with Crippen LogP contribution in [0.3, 0.4) is 0 Å². The van der Waals surface area contributed by atoms with Gasteiger partial charge in [0, 0.05) is 69.5 Å². The fraction of sp³-hybridized carbons (Fsp3) is 0.589. The Bertz CT molecular complexity index is 2650. The molecule has 0 radical (unpaired) electrons. The van der Waals surface area contributed by atoms with E-state index >= 15 is 0 Å². The number of hydrogen-bond donors (Lipinski definition) is 8.